The molecule has 76 valence electrons. The van der Waals surface area contributed by atoms with E-state index in [9.17, 15) is 4.79 Å². The maximum atomic E-state index is 12.0. The fourth-order valence-electron chi connectivity index (χ4n) is 1.20. The monoisotopic (exact) mass is 344 g/mol. The van der Waals surface area contributed by atoms with Crippen LogP contribution in [-0.4, -0.2) is 5.78 Å². The van der Waals surface area contributed by atoms with Crippen molar-refractivity contribution in [3.63, 3.8) is 0 Å². The minimum atomic E-state index is 0.0515. The maximum Gasteiger partial charge on any atom is 0.194 e. The van der Waals surface area contributed by atoms with Crippen LogP contribution in [0.3, 0.4) is 0 Å². The zero-order chi connectivity index (χ0) is 10.8. The van der Waals surface area contributed by atoms with E-state index in [4.69, 9.17) is 0 Å². The van der Waals surface area contributed by atoms with Gasteiger partial charge in [0.2, 0.25) is 0 Å². The molecule has 0 saturated heterocycles. The Kier molecular flexibility index (Phi) is 3.38. The summed E-state index contributed by atoms with van der Waals surface area (Å²) in [4.78, 5) is 12.0. The lowest BCUT2D eigenvalue weighted by atomic mass is 10.1. The highest BCUT2D eigenvalue weighted by Crippen LogP contribution is 2.24. The molecule has 1 nitrogen and oxygen atoms in total. The van der Waals surface area contributed by atoms with Gasteiger partial charge in [-0.1, -0.05) is 15.9 Å². The molecule has 1 aromatic carbocycles. The van der Waals surface area contributed by atoms with E-state index in [1.807, 2.05) is 35.0 Å². The fraction of sp³-hybridized carbons (Fsp3) is 0. The summed E-state index contributed by atoms with van der Waals surface area (Å²) >= 11 is 8.21. The van der Waals surface area contributed by atoms with Gasteiger partial charge in [0, 0.05) is 30.8 Å². The number of halogens is 2. The molecule has 15 heavy (non-hydrogen) atoms. The summed E-state index contributed by atoms with van der Waals surface area (Å²) in [5, 5.41) is 3.76. The number of thiophene rings is 1. The molecule has 0 N–H and O–H groups in total. The molecule has 2 aromatic rings. The number of hydrogen-bond acceptors (Lipinski definition) is 2. The molecule has 0 aliphatic rings. The van der Waals surface area contributed by atoms with E-state index in [1.165, 1.54) is 11.3 Å². The van der Waals surface area contributed by atoms with Crippen LogP contribution in [0, 0.1) is 0 Å². The Hall–Kier alpha value is -0.450. The Labute approximate surface area is 108 Å². The molecule has 0 saturated carbocycles. The first-order valence-electron chi connectivity index (χ1n) is 4.20. The number of rotatable bonds is 2. The molecule has 0 unspecified atom stereocenters. The van der Waals surface area contributed by atoms with E-state index >= 15 is 0 Å². The Morgan fingerprint density at radius 1 is 1.07 bits per heavy atom. The van der Waals surface area contributed by atoms with Crippen LogP contribution in [-0.2, 0) is 0 Å². The van der Waals surface area contributed by atoms with Crippen LogP contribution in [0.25, 0.3) is 0 Å². The second kappa shape index (κ2) is 4.60. The first kappa shape index (κ1) is 11.0. The van der Waals surface area contributed by atoms with Gasteiger partial charge in [0.15, 0.2) is 5.78 Å². The lowest BCUT2D eigenvalue weighted by molar-refractivity contribution is 0.103. The van der Waals surface area contributed by atoms with Crippen molar-refractivity contribution in [1.82, 2.24) is 0 Å². The van der Waals surface area contributed by atoms with Crippen molar-refractivity contribution >= 4 is 49.0 Å². The van der Waals surface area contributed by atoms with Crippen molar-refractivity contribution in [2.24, 2.45) is 0 Å². The first-order chi connectivity index (χ1) is 7.18. The van der Waals surface area contributed by atoms with Gasteiger partial charge in [0.25, 0.3) is 0 Å². The number of ketones is 1. The van der Waals surface area contributed by atoms with Crippen molar-refractivity contribution in [3.8, 4) is 0 Å². The standard InChI is InChI=1S/C11H6Br2OS/c12-8-3-1-7(2-4-8)11(14)9-5-15-6-10(9)13/h1-6H. The zero-order valence-corrected chi connectivity index (χ0v) is 11.5. The molecular weight excluding hydrogens is 340 g/mol. The molecule has 4 heteroatoms. The van der Waals surface area contributed by atoms with Gasteiger partial charge in [-0.25, -0.2) is 0 Å². The highest BCUT2D eigenvalue weighted by molar-refractivity contribution is 9.10. The summed E-state index contributed by atoms with van der Waals surface area (Å²) in [5.74, 6) is 0.0515. The molecule has 1 heterocycles. The largest absolute Gasteiger partial charge is 0.289 e. The molecular formula is C11H6Br2OS. The predicted octanol–water partition coefficient (Wildman–Crippen LogP) is 4.50. The Morgan fingerprint density at radius 3 is 2.27 bits per heavy atom. The van der Waals surface area contributed by atoms with Crippen molar-refractivity contribution in [2.45, 2.75) is 0 Å². The third-order valence-corrected chi connectivity index (χ3v) is 4.20. The Bertz CT molecular complexity index is 488. The summed E-state index contributed by atoms with van der Waals surface area (Å²) in [6, 6.07) is 7.37. The van der Waals surface area contributed by atoms with Crippen LogP contribution >= 0.6 is 43.2 Å². The van der Waals surface area contributed by atoms with E-state index in [1.54, 1.807) is 0 Å². The topological polar surface area (TPSA) is 17.1 Å². The Balaban J connectivity index is 2.37. The van der Waals surface area contributed by atoms with E-state index in [0.717, 1.165) is 14.5 Å². The first-order valence-corrected chi connectivity index (χ1v) is 6.73. The average molecular weight is 346 g/mol. The van der Waals surface area contributed by atoms with Crippen LogP contribution in [0.5, 0.6) is 0 Å². The third kappa shape index (κ3) is 2.38. The zero-order valence-electron chi connectivity index (χ0n) is 7.54. The minimum Gasteiger partial charge on any atom is -0.289 e. The molecule has 2 rings (SSSR count). The molecule has 0 atom stereocenters. The van der Waals surface area contributed by atoms with Gasteiger partial charge in [-0.2, -0.15) is 11.3 Å². The van der Waals surface area contributed by atoms with Crippen molar-refractivity contribution in [1.29, 1.82) is 0 Å². The average Bonchev–Trinajstić information content (AvgIpc) is 2.65. The van der Waals surface area contributed by atoms with Gasteiger partial charge in [-0.05, 0) is 40.2 Å². The van der Waals surface area contributed by atoms with Gasteiger partial charge >= 0.3 is 0 Å². The third-order valence-electron chi connectivity index (χ3n) is 1.97. The second-order valence-electron chi connectivity index (χ2n) is 2.97. The summed E-state index contributed by atoms with van der Waals surface area (Å²) in [6.07, 6.45) is 0. The number of hydrogen-bond donors (Lipinski definition) is 0. The van der Waals surface area contributed by atoms with Crippen LogP contribution in [0.2, 0.25) is 0 Å². The number of carbonyl (C=O) groups is 1. The van der Waals surface area contributed by atoms with E-state index in [0.29, 0.717) is 5.56 Å². The van der Waals surface area contributed by atoms with Crippen LogP contribution < -0.4 is 0 Å². The molecule has 0 aliphatic carbocycles. The SMILES string of the molecule is O=C(c1ccc(Br)cc1)c1cscc1Br. The van der Waals surface area contributed by atoms with Gasteiger partial charge in [0.1, 0.15) is 0 Å². The summed E-state index contributed by atoms with van der Waals surface area (Å²) in [7, 11) is 0. The van der Waals surface area contributed by atoms with E-state index in [-0.39, 0.29) is 5.78 Å². The molecule has 0 fully saturated rings. The van der Waals surface area contributed by atoms with Crippen molar-refractivity contribution in [3.05, 3.63) is 55.1 Å². The normalized spacial score (nSPS) is 10.3. The van der Waals surface area contributed by atoms with Gasteiger partial charge < -0.3 is 0 Å². The minimum absolute atomic E-state index is 0.0515. The molecule has 1 aromatic heterocycles. The number of carbonyl (C=O) groups excluding carboxylic acids is 1. The van der Waals surface area contributed by atoms with Crippen molar-refractivity contribution < 1.29 is 4.79 Å². The van der Waals surface area contributed by atoms with Crippen molar-refractivity contribution in [2.75, 3.05) is 0 Å². The number of benzene rings is 1. The summed E-state index contributed by atoms with van der Waals surface area (Å²) < 4.78 is 1.84. The van der Waals surface area contributed by atoms with Gasteiger partial charge in [-0.3, -0.25) is 4.79 Å². The molecule has 0 aliphatic heterocycles. The van der Waals surface area contributed by atoms with E-state index < -0.39 is 0 Å². The summed E-state index contributed by atoms with van der Waals surface area (Å²) in [5.41, 5.74) is 1.43. The molecule has 0 amide bonds. The smallest absolute Gasteiger partial charge is 0.194 e. The highest BCUT2D eigenvalue weighted by Gasteiger charge is 2.12. The van der Waals surface area contributed by atoms with Crippen LogP contribution in [0.15, 0.2) is 44.0 Å². The summed E-state index contributed by atoms with van der Waals surface area (Å²) in [6.45, 7) is 0. The van der Waals surface area contributed by atoms with Gasteiger partial charge in [0.05, 0.1) is 0 Å². The lowest BCUT2D eigenvalue weighted by Gasteiger charge is -1.99. The quantitative estimate of drug-likeness (QED) is 0.732. The lowest BCUT2D eigenvalue weighted by Crippen LogP contribution is -1.99. The molecule has 0 bridgehead atoms. The van der Waals surface area contributed by atoms with Crippen LogP contribution in [0.1, 0.15) is 15.9 Å². The van der Waals surface area contributed by atoms with Crippen LogP contribution in [0.4, 0.5) is 0 Å². The fourth-order valence-corrected chi connectivity index (χ4v) is 2.92. The van der Waals surface area contributed by atoms with E-state index in [2.05, 4.69) is 31.9 Å². The predicted molar refractivity (Wildman–Crippen MR) is 69.6 cm³/mol. The molecule has 0 radical (unpaired) electrons. The highest BCUT2D eigenvalue weighted by atomic mass is 79.9. The van der Waals surface area contributed by atoms with Gasteiger partial charge in [-0.15, -0.1) is 0 Å². The molecule has 0 spiro atoms. The maximum absolute atomic E-state index is 12.0. The second-order valence-corrected chi connectivity index (χ2v) is 5.48. The Morgan fingerprint density at radius 2 is 1.73 bits per heavy atom.